The van der Waals surface area contributed by atoms with E-state index in [9.17, 15) is 9.59 Å². The van der Waals surface area contributed by atoms with Crippen LogP contribution in [0.3, 0.4) is 0 Å². The summed E-state index contributed by atoms with van der Waals surface area (Å²) in [4.78, 5) is 24.8. The quantitative estimate of drug-likeness (QED) is 0.464. The fourth-order valence-corrected chi connectivity index (χ4v) is 1.66. The number of carbonyl (C=O) groups excluding carboxylic acids is 2. The highest BCUT2D eigenvalue weighted by atomic mass is 16.6. The molecule has 0 bridgehead atoms. The number of ether oxygens (including phenoxy) is 2. The molecule has 0 rings (SSSR count). The first kappa shape index (κ1) is 19.9. The number of unbranched alkanes of at least 4 members (excludes halogenated alkanes) is 1. The third-order valence-electron chi connectivity index (χ3n) is 2.78. The Hall–Kier alpha value is -1.10. The van der Waals surface area contributed by atoms with Gasteiger partial charge in [0.2, 0.25) is 0 Å². The maximum Gasteiger partial charge on any atom is 0.323 e. The number of esters is 2. The third kappa shape index (κ3) is 7.46. The van der Waals surface area contributed by atoms with E-state index in [2.05, 4.69) is 0 Å². The van der Waals surface area contributed by atoms with Crippen LogP contribution in [0.15, 0.2) is 0 Å². The molecule has 0 aliphatic carbocycles. The Labute approximate surface area is 128 Å². The molecule has 0 aromatic rings. The molecule has 0 fully saturated rings. The van der Waals surface area contributed by atoms with E-state index in [1.54, 1.807) is 48.5 Å². The number of hydrogen-bond acceptors (Lipinski definition) is 5. The summed E-state index contributed by atoms with van der Waals surface area (Å²) < 4.78 is 10.7. The molecule has 0 heterocycles. The van der Waals surface area contributed by atoms with Crippen LogP contribution >= 0.6 is 0 Å². The smallest absolute Gasteiger partial charge is 0.323 e. The number of aliphatic hydroxyl groups is 1. The van der Waals surface area contributed by atoms with Crippen LogP contribution < -0.4 is 0 Å². The van der Waals surface area contributed by atoms with Gasteiger partial charge in [-0.2, -0.15) is 0 Å². The number of hydrogen-bond donors (Lipinski definition) is 1. The van der Waals surface area contributed by atoms with Crippen molar-refractivity contribution in [3.05, 3.63) is 0 Å². The van der Waals surface area contributed by atoms with E-state index in [4.69, 9.17) is 14.6 Å². The van der Waals surface area contributed by atoms with Gasteiger partial charge in [0.1, 0.15) is 11.2 Å². The average molecular weight is 302 g/mol. The average Bonchev–Trinajstić information content (AvgIpc) is 2.24. The van der Waals surface area contributed by atoms with Crippen LogP contribution in [0.4, 0.5) is 0 Å². The van der Waals surface area contributed by atoms with Crippen molar-refractivity contribution < 1.29 is 24.2 Å². The second-order valence-corrected chi connectivity index (χ2v) is 7.52. The van der Waals surface area contributed by atoms with E-state index >= 15 is 0 Å². The molecule has 0 atom stereocenters. The van der Waals surface area contributed by atoms with E-state index in [1.165, 1.54) is 0 Å². The fourth-order valence-electron chi connectivity index (χ4n) is 1.66. The number of aliphatic hydroxyl groups excluding tert-OH is 1. The van der Waals surface area contributed by atoms with Gasteiger partial charge in [0.25, 0.3) is 0 Å². The van der Waals surface area contributed by atoms with E-state index in [-0.39, 0.29) is 13.0 Å². The largest absolute Gasteiger partial charge is 0.459 e. The topological polar surface area (TPSA) is 72.8 Å². The molecular formula is C16H30O5. The molecule has 0 aromatic heterocycles. The van der Waals surface area contributed by atoms with Gasteiger partial charge in [-0.15, -0.1) is 0 Å². The second kappa shape index (κ2) is 7.25. The van der Waals surface area contributed by atoms with Gasteiger partial charge in [-0.05, 0) is 67.7 Å². The van der Waals surface area contributed by atoms with Crippen molar-refractivity contribution >= 4 is 11.9 Å². The lowest BCUT2D eigenvalue weighted by molar-refractivity contribution is -0.184. The Morgan fingerprint density at radius 3 is 1.48 bits per heavy atom. The highest BCUT2D eigenvalue weighted by Crippen LogP contribution is 2.31. The monoisotopic (exact) mass is 302 g/mol. The lowest BCUT2D eigenvalue weighted by Crippen LogP contribution is -2.44. The summed E-state index contributed by atoms with van der Waals surface area (Å²) >= 11 is 0. The zero-order chi connectivity index (χ0) is 16.9. The van der Waals surface area contributed by atoms with Gasteiger partial charge in [-0.3, -0.25) is 9.59 Å². The summed E-state index contributed by atoms with van der Waals surface area (Å²) in [6.07, 6.45) is 1.37. The van der Waals surface area contributed by atoms with Gasteiger partial charge in [-0.1, -0.05) is 0 Å². The molecule has 0 amide bonds. The summed E-state index contributed by atoms with van der Waals surface area (Å²) in [5.41, 5.74) is -2.69. The molecule has 0 aromatic carbocycles. The van der Waals surface area contributed by atoms with Gasteiger partial charge >= 0.3 is 11.9 Å². The summed E-state index contributed by atoms with van der Waals surface area (Å²) in [7, 11) is 0. The Kier molecular flexibility index (Phi) is 6.87. The maximum atomic E-state index is 12.4. The Bertz CT molecular complexity index is 332. The standard InChI is InChI=1S/C16H30O5/c1-14(2,3)20-12(18)16(7,10-8-9-11-17)13(19)21-15(4,5)6/h17H,8-11H2,1-7H3. The zero-order valence-electron chi connectivity index (χ0n) is 14.4. The van der Waals surface area contributed by atoms with Crippen LogP contribution in [0.25, 0.3) is 0 Å². The molecule has 0 aliphatic rings. The van der Waals surface area contributed by atoms with Crippen LogP contribution in [0, 0.1) is 5.41 Å². The predicted molar refractivity (Wildman–Crippen MR) is 80.7 cm³/mol. The van der Waals surface area contributed by atoms with E-state index in [1.807, 2.05) is 0 Å². The molecule has 0 radical (unpaired) electrons. The first-order chi connectivity index (χ1) is 9.32. The molecule has 5 nitrogen and oxygen atoms in total. The van der Waals surface area contributed by atoms with Crippen molar-refractivity contribution in [1.82, 2.24) is 0 Å². The first-order valence-corrected chi connectivity index (χ1v) is 7.39. The summed E-state index contributed by atoms with van der Waals surface area (Å²) in [6.45, 7) is 12.1. The van der Waals surface area contributed by atoms with Gasteiger partial charge in [0, 0.05) is 6.61 Å². The van der Waals surface area contributed by atoms with Crippen LogP contribution in [0.1, 0.15) is 67.7 Å². The van der Waals surface area contributed by atoms with Crippen LogP contribution in [-0.2, 0) is 19.1 Å². The van der Waals surface area contributed by atoms with Gasteiger partial charge in [-0.25, -0.2) is 0 Å². The molecule has 5 heteroatoms. The summed E-state index contributed by atoms with van der Waals surface area (Å²) in [6, 6.07) is 0. The molecule has 0 saturated carbocycles. The van der Waals surface area contributed by atoms with Crippen molar-refractivity contribution in [3.8, 4) is 0 Å². The highest BCUT2D eigenvalue weighted by molar-refractivity contribution is 5.99. The van der Waals surface area contributed by atoms with Crippen molar-refractivity contribution in [1.29, 1.82) is 0 Å². The summed E-state index contributed by atoms with van der Waals surface area (Å²) in [5, 5.41) is 8.88. The normalized spacial score (nSPS) is 13.0. The van der Waals surface area contributed by atoms with Crippen LogP contribution in [0.5, 0.6) is 0 Å². The first-order valence-electron chi connectivity index (χ1n) is 7.39. The minimum absolute atomic E-state index is 0.0265. The molecule has 21 heavy (non-hydrogen) atoms. The minimum atomic E-state index is -1.35. The fraction of sp³-hybridized carbons (Fsp3) is 0.875. The zero-order valence-corrected chi connectivity index (χ0v) is 14.4. The predicted octanol–water partition coefficient (Wildman–Crippen LogP) is 2.84. The maximum absolute atomic E-state index is 12.4. The lowest BCUT2D eigenvalue weighted by Gasteiger charge is -2.32. The number of rotatable bonds is 6. The Balaban J connectivity index is 5.16. The highest BCUT2D eigenvalue weighted by Gasteiger charge is 2.46. The van der Waals surface area contributed by atoms with Gasteiger partial charge in [0.05, 0.1) is 0 Å². The molecule has 124 valence electrons. The van der Waals surface area contributed by atoms with Gasteiger partial charge in [0.15, 0.2) is 5.41 Å². The SMILES string of the molecule is CC(C)(C)OC(=O)C(C)(CCCCO)C(=O)OC(C)(C)C. The van der Waals surface area contributed by atoms with Crippen LogP contribution in [-0.4, -0.2) is 34.9 Å². The molecule has 0 unspecified atom stereocenters. The minimum Gasteiger partial charge on any atom is -0.459 e. The molecular weight excluding hydrogens is 272 g/mol. The lowest BCUT2D eigenvalue weighted by atomic mass is 9.84. The van der Waals surface area contributed by atoms with Crippen molar-refractivity contribution in [2.24, 2.45) is 5.41 Å². The van der Waals surface area contributed by atoms with E-state index in [0.29, 0.717) is 12.8 Å². The molecule has 0 saturated heterocycles. The molecule has 0 spiro atoms. The Morgan fingerprint density at radius 2 is 1.19 bits per heavy atom. The van der Waals surface area contributed by atoms with E-state index < -0.39 is 28.6 Å². The third-order valence-corrected chi connectivity index (χ3v) is 2.78. The molecule has 1 N–H and O–H groups in total. The second-order valence-electron chi connectivity index (χ2n) is 7.52. The van der Waals surface area contributed by atoms with Crippen molar-refractivity contribution in [2.75, 3.05) is 6.61 Å². The van der Waals surface area contributed by atoms with Crippen molar-refractivity contribution in [3.63, 3.8) is 0 Å². The van der Waals surface area contributed by atoms with Crippen LogP contribution in [0.2, 0.25) is 0 Å². The summed E-state index contributed by atoms with van der Waals surface area (Å²) in [5.74, 6) is -1.16. The van der Waals surface area contributed by atoms with Gasteiger partial charge < -0.3 is 14.6 Å². The number of carbonyl (C=O) groups is 2. The van der Waals surface area contributed by atoms with E-state index in [0.717, 1.165) is 0 Å². The Morgan fingerprint density at radius 1 is 0.810 bits per heavy atom. The van der Waals surface area contributed by atoms with Crippen molar-refractivity contribution in [2.45, 2.75) is 78.9 Å². The molecule has 0 aliphatic heterocycles.